The van der Waals surface area contributed by atoms with Crippen LogP contribution >= 0.6 is 0 Å². The molecule has 3 nitrogen and oxygen atoms in total. The summed E-state index contributed by atoms with van der Waals surface area (Å²) in [5.74, 6) is -3.03. The second kappa shape index (κ2) is 3.81. The summed E-state index contributed by atoms with van der Waals surface area (Å²) in [5.41, 5.74) is -0.158. The van der Waals surface area contributed by atoms with E-state index in [0.29, 0.717) is 6.54 Å². The van der Waals surface area contributed by atoms with Gasteiger partial charge in [0, 0.05) is 12.7 Å². The van der Waals surface area contributed by atoms with E-state index in [9.17, 15) is 13.6 Å². The Morgan fingerprint density at radius 1 is 1.56 bits per heavy atom. The average Bonchev–Trinajstić information content (AvgIpc) is 2.98. The molecule has 1 aliphatic rings. The number of amides is 1. The first kappa shape index (κ1) is 11.0. The third-order valence-electron chi connectivity index (χ3n) is 2.87. The van der Waals surface area contributed by atoms with Gasteiger partial charge < -0.3 is 5.32 Å². The first-order chi connectivity index (χ1) is 7.52. The predicted molar refractivity (Wildman–Crippen MR) is 53.8 cm³/mol. The highest BCUT2D eigenvalue weighted by molar-refractivity contribution is 5.94. The molecule has 1 aromatic heterocycles. The van der Waals surface area contributed by atoms with Crippen molar-refractivity contribution in [1.29, 1.82) is 0 Å². The van der Waals surface area contributed by atoms with Crippen LogP contribution in [-0.2, 0) is 0 Å². The number of hydrogen-bond acceptors (Lipinski definition) is 2. The first-order valence-corrected chi connectivity index (χ1v) is 5.10. The fourth-order valence-electron chi connectivity index (χ4n) is 1.37. The molecule has 0 spiro atoms. The van der Waals surface area contributed by atoms with Crippen molar-refractivity contribution < 1.29 is 13.6 Å². The smallest absolute Gasteiger partial charge is 0.254 e. The van der Waals surface area contributed by atoms with Crippen LogP contribution in [0.5, 0.6) is 0 Å². The number of nitrogens with zero attached hydrogens (tertiary/aromatic N) is 1. The van der Waals surface area contributed by atoms with E-state index >= 15 is 0 Å². The Morgan fingerprint density at radius 3 is 2.88 bits per heavy atom. The van der Waals surface area contributed by atoms with Crippen LogP contribution in [0.2, 0.25) is 0 Å². The highest BCUT2D eigenvalue weighted by atomic mass is 19.2. The van der Waals surface area contributed by atoms with Crippen molar-refractivity contribution >= 4 is 5.91 Å². The number of rotatable bonds is 3. The van der Waals surface area contributed by atoms with Crippen molar-refractivity contribution in [3.63, 3.8) is 0 Å². The van der Waals surface area contributed by atoms with Crippen LogP contribution < -0.4 is 5.32 Å². The quantitative estimate of drug-likeness (QED) is 0.800. The van der Waals surface area contributed by atoms with Gasteiger partial charge in [0.25, 0.3) is 5.91 Å². The Morgan fingerprint density at radius 2 is 2.25 bits per heavy atom. The van der Waals surface area contributed by atoms with Crippen LogP contribution in [0.15, 0.2) is 12.3 Å². The summed E-state index contributed by atoms with van der Waals surface area (Å²) in [5, 5.41) is 2.60. The Kier molecular flexibility index (Phi) is 2.61. The van der Waals surface area contributed by atoms with Gasteiger partial charge in [-0.3, -0.25) is 4.79 Å². The molecule has 1 amide bonds. The van der Waals surface area contributed by atoms with Crippen LogP contribution in [0.25, 0.3) is 0 Å². The lowest BCUT2D eigenvalue weighted by Gasteiger charge is -2.10. The number of carbonyl (C=O) groups excluding carboxylic acids is 1. The van der Waals surface area contributed by atoms with Crippen molar-refractivity contribution in [2.75, 3.05) is 6.54 Å². The minimum atomic E-state index is -1.25. The minimum Gasteiger partial charge on any atom is -0.351 e. The SMILES string of the molecule is CC1(CNC(=O)c2ccnc(F)c2F)CC1. The Labute approximate surface area is 91.9 Å². The van der Waals surface area contributed by atoms with Gasteiger partial charge in [-0.1, -0.05) is 6.92 Å². The number of pyridine rings is 1. The fourth-order valence-corrected chi connectivity index (χ4v) is 1.37. The molecule has 0 aromatic carbocycles. The fraction of sp³-hybridized carbons (Fsp3) is 0.455. The molecular weight excluding hydrogens is 214 g/mol. The van der Waals surface area contributed by atoms with Crippen LogP contribution in [0, 0.1) is 17.2 Å². The highest BCUT2D eigenvalue weighted by Gasteiger charge is 2.37. The average molecular weight is 226 g/mol. The molecule has 5 heteroatoms. The number of hydrogen-bond donors (Lipinski definition) is 1. The molecule has 0 bridgehead atoms. The number of nitrogens with one attached hydrogen (secondary N) is 1. The van der Waals surface area contributed by atoms with Crippen LogP contribution in [0.4, 0.5) is 8.78 Å². The van der Waals surface area contributed by atoms with E-state index in [4.69, 9.17) is 0 Å². The molecule has 1 aromatic rings. The molecule has 1 fully saturated rings. The molecular formula is C11H12F2N2O. The summed E-state index contributed by atoms with van der Waals surface area (Å²) in [6, 6.07) is 1.17. The van der Waals surface area contributed by atoms with Gasteiger partial charge in [-0.25, -0.2) is 9.37 Å². The summed E-state index contributed by atoms with van der Waals surface area (Å²) in [7, 11) is 0. The third kappa shape index (κ3) is 2.18. The third-order valence-corrected chi connectivity index (χ3v) is 2.87. The largest absolute Gasteiger partial charge is 0.351 e. The summed E-state index contributed by atoms with van der Waals surface area (Å²) >= 11 is 0. The van der Waals surface area contributed by atoms with Crippen molar-refractivity contribution in [1.82, 2.24) is 10.3 Å². The van der Waals surface area contributed by atoms with Crippen LogP contribution in [-0.4, -0.2) is 17.4 Å². The lowest BCUT2D eigenvalue weighted by molar-refractivity contribution is 0.0940. The second-order valence-electron chi connectivity index (χ2n) is 4.46. The van der Waals surface area contributed by atoms with Gasteiger partial charge in [0.1, 0.15) is 0 Å². The standard InChI is InChI=1S/C11H12F2N2O/c1-11(3-4-11)6-15-10(16)7-2-5-14-9(13)8(7)12/h2,5H,3-4,6H2,1H3,(H,15,16). The van der Waals surface area contributed by atoms with E-state index in [1.807, 2.05) is 6.92 Å². The molecule has 0 unspecified atom stereocenters. The lowest BCUT2D eigenvalue weighted by atomic mass is 10.1. The van der Waals surface area contributed by atoms with Crippen LogP contribution in [0.1, 0.15) is 30.1 Å². The summed E-state index contributed by atoms with van der Waals surface area (Å²) < 4.78 is 25.9. The van der Waals surface area contributed by atoms with E-state index in [1.165, 1.54) is 6.07 Å². The van der Waals surface area contributed by atoms with Crippen molar-refractivity contribution in [3.05, 3.63) is 29.6 Å². The van der Waals surface area contributed by atoms with Crippen LogP contribution in [0.3, 0.4) is 0 Å². The van der Waals surface area contributed by atoms with E-state index in [1.54, 1.807) is 0 Å². The molecule has 0 radical (unpaired) electrons. The second-order valence-corrected chi connectivity index (χ2v) is 4.46. The molecule has 1 saturated carbocycles. The Balaban J connectivity index is 2.05. The normalized spacial score (nSPS) is 16.9. The van der Waals surface area contributed by atoms with Gasteiger partial charge in [0.15, 0.2) is 5.82 Å². The van der Waals surface area contributed by atoms with Crippen molar-refractivity contribution in [2.24, 2.45) is 5.41 Å². The maximum absolute atomic E-state index is 13.2. The topological polar surface area (TPSA) is 42.0 Å². The molecule has 1 N–H and O–H groups in total. The lowest BCUT2D eigenvalue weighted by Crippen LogP contribution is -2.29. The van der Waals surface area contributed by atoms with E-state index in [-0.39, 0.29) is 11.0 Å². The van der Waals surface area contributed by atoms with Gasteiger partial charge in [-0.2, -0.15) is 4.39 Å². The van der Waals surface area contributed by atoms with E-state index < -0.39 is 17.7 Å². The van der Waals surface area contributed by atoms with Gasteiger partial charge >= 0.3 is 0 Å². The van der Waals surface area contributed by atoms with Gasteiger partial charge in [-0.15, -0.1) is 0 Å². The summed E-state index contributed by atoms with van der Waals surface area (Å²) in [4.78, 5) is 14.7. The zero-order valence-electron chi connectivity index (χ0n) is 8.89. The van der Waals surface area contributed by atoms with Gasteiger partial charge in [0.2, 0.25) is 5.95 Å². The maximum atomic E-state index is 13.2. The van der Waals surface area contributed by atoms with E-state index in [0.717, 1.165) is 19.0 Å². The van der Waals surface area contributed by atoms with Gasteiger partial charge in [0.05, 0.1) is 5.56 Å². The molecule has 0 atom stereocenters. The summed E-state index contributed by atoms with van der Waals surface area (Å²) in [6.07, 6.45) is 3.19. The number of halogens is 2. The molecule has 1 heterocycles. The highest BCUT2D eigenvalue weighted by Crippen LogP contribution is 2.44. The molecule has 1 aliphatic carbocycles. The monoisotopic (exact) mass is 226 g/mol. The Hall–Kier alpha value is -1.52. The number of aromatic nitrogens is 1. The van der Waals surface area contributed by atoms with Gasteiger partial charge in [-0.05, 0) is 24.3 Å². The predicted octanol–water partition coefficient (Wildman–Crippen LogP) is 1.89. The molecule has 0 aliphatic heterocycles. The molecule has 16 heavy (non-hydrogen) atoms. The molecule has 86 valence electrons. The number of carbonyl (C=O) groups is 1. The molecule has 2 rings (SSSR count). The van der Waals surface area contributed by atoms with Crippen molar-refractivity contribution in [2.45, 2.75) is 19.8 Å². The minimum absolute atomic E-state index is 0.137. The first-order valence-electron chi connectivity index (χ1n) is 5.10. The Bertz CT molecular complexity index is 430. The maximum Gasteiger partial charge on any atom is 0.254 e. The zero-order valence-corrected chi connectivity index (χ0v) is 8.89. The summed E-state index contributed by atoms with van der Waals surface area (Å²) in [6.45, 7) is 2.53. The van der Waals surface area contributed by atoms with E-state index in [2.05, 4.69) is 10.3 Å². The molecule has 0 saturated heterocycles. The zero-order chi connectivity index (χ0) is 11.8. The van der Waals surface area contributed by atoms with Crippen molar-refractivity contribution in [3.8, 4) is 0 Å².